The van der Waals surface area contributed by atoms with Gasteiger partial charge in [0, 0.05) is 31.5 Å². The molecule has 0 fully saturated rings. The number of carbonyl (C=O) groups excluding carboxylic acids is 1. The first-order valence-corrected chi connectivity index (χ1v) is 8.78. The molecule has 0 aliphatic heterocycles. The largest absolute Gasteiger partial charge is 0.385 e. The smallest absolute Gasteiger partial charge is 0.316 e. The number of hydrogen-bond donors (Lipinski definition) is 1. The fourth-order valence-corrected chi connectivity index (χ4v) is 2.69. The lowest BCUT2D eigenvalue weighted by Gasteiger charge is -2.05. The van der Waals surface area contributed by atoms with Crippen molar-refractivity contribution in [2.45, 2.75) is 26.8 Å². The highest BCUT2D eigenvalue weighted by Crippen LogP contribution is 2.17. The van der Waals surface area contributed by atoms with Gasteiger partial charge in [0.05, 0.1) is 12.2 Å². The minimum Gasteiger partial charge on any atom is -0.385 e. The summed E-state index contributed by atoms with van der Waals surface area (Å²) >= 11 is 0. The quantitative estimate of drug-likeness (QED) is 0.613. The van der Waals surface area contributed by atoms with Gasteiger partial charge in [0.25, 0.3) is 0 Å². The van der Waals surface area contributed by atoms with E-state index in [2.05, 4.69) is 26.6 Å². The Labute approximate surface area is 157 Å². The zero-order chi connectivity index (χ0) is 19.2. The van der Waals surface area contributed by atoms with Gasteiger partial charge in [0.2, 0.25) is 5.82 Å². The van der Waals surface area contributed by atoms with Crippen LogP contribution < -0.4 is 5.32 Å². The molecule has 0 radical (unpaired) electrons. The van der Waals surface area contributed by atoms with E-state index in [1.165, 1.54) is 0 Å². The van der Waals surface area contributed by atoms with Gasteiger partial charge in [-0.25, -0.2) is 0 Å². The Morgan fingerprint density at radius 3 is 2.70 bits per heavy atom. The molecule has 0 atom stereocenters. The van der Waals surface area contributed by atoms with Gasteiger partial charge < -0.3 is 14.6 Å². The second-order valence-electron chi connectivity index (χ2n) is 6.31. The summed E-state index contributed by atoms with van der Waals surface area (Å²) in [5.41, 5.74) is 4.03. The van der Waals surface area contributed by atoms with Crippen molar-refractivity contribution in [3.8, 4) is 11.4 Å². The lowest BCUT2D eigenvalue weighted by atomic mass is 10.1. The molecule has 0 bridgehead atoms. The first-order valence-electron chi connectivity index (χ1n) is 8.78. The second-order valence-corrected chi connectivity index (χ2v) is 6.31. The fraction of sp³-hybridized carbons (Fsp3) is 0.368. The summed E-state index contributed by atoms with van der Waals surface area (Å²) in [6.07, 6.45) is 0.722. The zero-order valence-corrected chi connectivity index (χ0v) is 15.7. The molecule has 8 heteroatoms. The molecule has 3 aromatic rings. The topological polar surface area (TPSA) is 95.1 Å². The van der Waals surface area contributed by atoms with Crippen molar-refractivity contribution in [3.63, 3.8) is 0 Å². The van der Waals surface area contributed by atoms with Crippen LogP contribution >= 0.6 is 0 Å². The van der Waals surface area contributed by atoms with E-state index in [1.54, 1.807) is 7.11 Å². The third kappa shape index (κ3) is 4.79. The summed E-state index contributed by atoms with van der Waals surface area (Å²) in [4.78, 5) is 16.2. The number of aryl methyl sites for hydroxylation is 2. The molecular formula is C19H23N5O3. The van der Waals surface area contributed by atoms with Crippen LogP contribution in [0.2, 0.25) is 0 Å². The minimum absolute atomic E-state index is 0.0471. The van der Waals surface area contributed by atoms with Crippen LogP contribution in [0.25, 0.3) is 11.4 Å². The Hall–Kier alpha value is -3.00. The summed E-state index contributed by atoms with van der Waals surface area (Å²) in [7, 11) is 1.62. The molecule has 142 valence electrons. The summed E-state index contributed by atoms with van der Waals surface area (Å²) < 4.78 is 12.0. The van der Waals surface area contributed by atoms with E-state index in [1.807, 2.05) is 42.8 Å². The summed E-state index contributed by atoms with van der Waals surface area (Å²) in [5.74, 6) is -0.0464. The molecule has 0 aliphatic carbocycles. The highest BCUT2D eigenvalue weighted by atomic mass is 16.5. The number of nitrogens with one attached hydrogen (secondary N) is 1. The highest BCUT2D eigenvalue weighted by Gasteiger charge is 2.15. The molecule has 0 unspecified atom stereocenters. The van der Waals surface area contributed by atoms with E-state index in [4.69, 9.17) is 9.26 Å². The fourth-order valence-electron chi connectivity index (χ4n) is 2.69. The van der Waals surface area contributed by atoms with E-state index >= 15 is 0 Å². The number of nitrogens with zero attached hydrogens (tertiary/aromatic N) is 4. The van der Waals surface area contributed by atoms with Crippen molar-refractivity contribution >= 4 is 5.91 Å². The van der Waals surface area contributed by atoms with Crippen LogP contribution in [-0.4, -0.2) is 46.1 Å². The number of amides is 1. The van der Waals surface area contributed by atoms with E-state index in [-0.39, 0.29) is 11.8 Å². The van der Waals surface area contributed by atoms with Crippen molar-refractivity contribution in [3.05, 3.63) is 53.2 Å². The van der Waals surface area contributed by atoms with Crippen LogP contribution in [0, 0.1) is 13.8 Å². The van der Waals surface area contributed by atoms with Gasteiger partial charge in [0.1, 0.15) is 0 Å². The molecule has 8 nitrogen and oxygen atoms in total. The summed E-state index contributed by atoms with van der Waals surface area (Å²) in [6.45, 7) is 5.79. The van der Waals surface area contributed by atoms with Crippen LogP contribution in [0.1, 0.15) is 34.1 Å². The van der Waals surface area contributed by atoms with E-state index in [9.17, 15) is 4.79 Å². The predicted octanol–water partition coefficient (Wildman–Crippen LogP) is 2.36. The van der Waals surface area contributed by atoms with Crippen LogP contribution in [0.3, 0.4) is 0 Å². The molecule has 2 heterocycles. The molecule has 0 aliphatic rings. The third-order valence-corrected chi connectivity index (χ3v) is 4.08. The van der Waals surface area contributed by atoms with Crippen LogP contribution in [0.5, 0.6) is 0 Å². The maximum atomic E-state index is 12.0. The Balaban J connectivity index is 1.63. The number of carbonyl (C=O) groups is 1. The number of aromatic nitrogens is 4. The average molecular weight is 369 g/mol. The number of ether oxygens (including phenoxy) is 1. The SMILES string of the molecule is COCCCNC(=O)c1nc(-c2ccc(Cn3nc(C)cc3C)cc2)no1. The van der Waals surface area contributed by atoms with Crippen LogP contribution in [0.15, 0.2) is 34.9 Å². The van der Waals surface area contributed by atoms with Crippen molar-refractivity contribution in [2.75, 3.05) is 20.3 Å². The Bertz CT molecular complexity index is 898. The maximum Gasteiger partial charge on any atom is 0.316 e. The average Bonchev–Trinajstić information content (AvgIpc) is 3.26. The van der Waals surface area contributed by atoms with E-state index < -0.39 is 0 Å². The van der Waals surface area contributed by atoms with Gasteiger partial charge in [0.15, 0.2) is 0 Å². The summed E-state index contributed by atoms with van der Waals surface area (Å²) in [6, 6.07) is 9.85. The van der Waals surface area contributed by atoms with Gasteiger partial charge in [-0.1, -0.05) is 29.4 Å². The number of hydrogen-bond acceptors (Lipinski definition) is 6. The Morgan fingerprint density at radius 2 is 2.04 bits per heavy atom. The minimum atomic E-state index is -0.383. The lowest BCUT2D eigenvalue weighted by molar-refractivity contribution is 0.0905. The number of rotatable bonds is 8. The molecule has 2 aromatic heterocycles. The molecule has 1 N–H and O–H groups in total. The van der Waals surface area contributed by atoms with Crippen LogP contribution in [-0.2, 0) is 11.3 Å². The lowest BCUT2D eigenvalue weighted by Crippen LogP contribution is -2.25. The number of methoxy groups -OCH3 is 1. The summed E-state index contributed by atoms with van der Waals surface area (Å²) in [5, 5.41) is 11.1. The molecular weight excluding hydrogens is 346 g/mol. The zero-order valence-electron chi connectivity index (χ0n) is 15.7. The van der Waals surface area contributed by atoms with Crippen molar-refractivity contribution in [1.29, 1.82) is 0 Å². The monoisotopic (exact) mass is 369 g/mol. The molecule has 1 aromatic carbocycles. The molecule has 0 saturated heterocycles. The van der Waals surface area contributed by atoms with Crippen LogP contribution in [0.4, 0.5) is 0 Å². The Morgan fingerprint density at radius 1 is 1.26 bits per heavy atom. The first kappa shape index (κ1) is 18.8. The first-order chi connectivity index (χ1) is 13.1. The number of benzene rings is 1. The van der Waals surface area contributed by atoms with E-state index in [0.717, 1.165) is 28.9 Å². The van der Waals surface area contributed by atoms with Gasteiger partial charge in [-0.15, -0.1) is 0 Å². The van der Waals surface area contributed by atoms with Crippen molar-refractivity contribution < 1.29 is 14.1 Å². The molecule has 3 rings (SSSR count). The molecule has 1 amide bonds. The molecule has 27 heavy (non-hydrogen) atoms. The van der Waals surface area contributed by atoms with Gasteiger partial charge in [-0.05, 0) is 31.9 Å². The second kappa shape index (κ2) is 8.59. The van der Waals surface area contributed by atoms with E-state index in [0.29, 0.717) is 25.5 Å². The third-order valence-electron chi connectivity index (χ3n) is 4.08. The predicted molar refractivity (Wildman–Crippen MR) is 99.4 cm³/mol. The molecule has 0 saturated carbocycles. The molecule has 0 spiro atoms. The maximum absolute atomic E-state index is 12.0. The van der Waals surface area contributed by atoms with Gasteiger partial charge >= 0.3 is 11.8 Å². The van der Waals surface area contributed by atoms with Crippen molar-refractivity contribution in [1.82, 2.24) is 25.2 Å². The van der Waals surface area contributed by atoms with Gasteiger partial charge in [-0.2, -0.15) is 10.1 Å². The normalized spacial score (nSPS) is 10.9. The Kier molecular flexibility index (Phi) is 5.97. The van der Waals surface area contributed by atoms with Gasteiger partial charge in [-0.3, -0.25) is 9.48 Å². The standard InChI is InChI=1S/C19H23N5O3/c1-13-11-14(2)24(22-13)12-15-5-7-16(8-6-15)17-21-19(27-23-17)18(25)20-9-4-10-26-3/h5-8,11H,4,9-10,12H2,1-3H3,(H,20,25). The van der Waals surface area contributed by atoms with Crippen molar-refractivity contribution in [2.24, 2.45) is 0 Å². The highest BCUT2D eigenvalue weighted by molar-refractivity contribution is 5.89.